The van der Waals surface area contributed by atoms with E-state index in [0.29, 0.717) is 0 Å². The standard InChI is InChI=1S/C12H21N3O/c1-3-10-7-11(15(4-2)13-10)8-14-6-5-12(16)9-14/h7,12,16H,3-6,8-9H2,1-2H3/t12-/m0/s1. The minimum atomic E-state index is -0.136. The van der Waals surface area contributed by atoms with Gasteiger partial charge in [0, 0.05) is 26.2 Å². The lowest BCUT2D eigenvalue weighted by Gasteiger charge is -2.15. The third-order valence-electron chi connectivity index (χ3n) is 3.21. The lowest BCUT2D eigenvalue weighted by atomic mass is 10.3. The van der Waals surface area contributed by atoms with Gasteiger partial charge in [-0.2, -0.15) is 5.10 Å². The van der Waals surface area contributed by atoms with Crippen molar-refractivity contribution in [2.45, 2.75) is 45.9 Å². The number of aliphatic hydroxyl groups is 1. The molecule has 2 heterocycles. The van der Waals surface area contributed by atoms with Gasteiger partial charge in [-0.15, -0.1) is 0 Å². The second-order valence-electron chi connectivity index (χ2n) is 4.47. The molecule has 0 spiro atoms. The first-order valence-corrected chi connectivity index (χ1v) is 6.19. The smallest absolute Gasteiger partial charge is 0.0679 e. The quantitative estimate of drug-likeness (QED) is 0.829. The van der Waals surface area contributed by atoms with Crippen molar-refractivity contribution in [1.29, 1.82) is 0 Å². The lowest BCUT2D eigenvalue weighted by Crippen LogP contribution is -2.23. The van der Waals surface area contributed by atoms with E-state index in [1.54, 1.807) is 0 Å². The molecule has 1 atom stereocenters. The summed E-state index contributed by atoms with van der Waals surface area (Å²) in [7, 11) is 0. The highest BCUT2D eigenvalue weighted by Crippen LogP contribution is 2.14. The van der Waals surface area contributed by atoms with E-state index >= 15 is 0 Å². The van der Waals surface area contributed by atoms with Crippen molar-refractivity contribution in [2.75, 3.05) is 13.1 Å². The second kappa shape index (κ2) is 4.97. The summed E-state index contributed by atoms with van der Waals surface area (Å²) in [6.07, 6.45) is 1.76. The average molecular weight is 223 g/mol. The first-order chi connectivity index (χ1) is 7.72. The molecule has 2 rings (SSSR count). The van der Waals surface area contributed by atoms with Crippen molar-refractivity contribution in [2.24, 2.45) is 0 Å². The fourth-order valence-electron chi connectivity index (χ4n) is 2.27. The topological polar surface area (TPSA) is 41.3 Å². The molecule has 0 unspecified atom stereocenters. The van der Waals surface area contributed by atoms with Crippen molar-refractivity contribution in [1.82, 2.24) is 14.7 Å². The lowest BCUT2D eigenvalue weighted by molar-refractivity contribution is 0.174. The van der Waals surface area contributed by atoms with Crippen LogP contribution in [0.1, 0.15) is 31.7 Å². The molecular weight excluding hydrogens is 202 g/mol. The Morgan fingerprint density at radius 1 is 1.50 bits per heavy atom. The molecule has 16 heavy (non-hydrogen) atoms. The molecule has 0 radical (unpaired) electrons. The molecule has 1 aromatic rings. The fourth-order valence-corrected chi connectivity index (χ4v) is 2.27. The van der Waals surface area contributed by atoms with Crippen LogP contribution in [0, 0.1) is 0 Å². The Balaban J connectivity index is 2.05. The summed E-state index contributed by atoms with van der Waals surface area (Å²) < 4.78 is 2.07. The van der Waals surface area contributed by atoms with Crippen molar-refractivity contribution in [3.8, 4) is 0 Å². The third kappa shape index (κ3) is 2.44. The average Bonchev–Trinajstić information content (AvgIpc) is 2.85. The summed E-state index contributed by atoms with van der Waals surface area (Å²) in [5.74, 6) is 0. The Bertz CT molecular complexity index is 348. The zero-order chi connectivity index (χ0) is 11.5. The Hall–Kier alpha value is -0.870. The zero-order valence-electron chi connectivity index (χ0n) is 10.2. The number of aromatic nitrogens is 2. The molecule has 0 aromatic carbocycles. The van der Waals surface area contributed by atoms with Crippen molar-refractivity contribution >= 4 is 0 Å². The van der Waals surface area contributed by atoms with E-state index in [9.17, 15) is 5.11 Å². The highest BCUT2D eigenvalue weighted by molar-refractivity contribution is 5.10. The molecule has 4 nitrogen and oxygen atoms in total. The van der Waals surface area contributed by atoms with Gasteiger partial charge in [-0.05, 0) is 25.8 Å². The van der Waals surface area contributed by atoms with Crippen LogP contribution < -0.4 is 0 Å². The van der Waals surface area contributed by atoms with Crippen LogP contribution in [0.15, 0.2) is 6.07 Å². The van der Waals surface area contributed by atoms with Crippen molar-refractivity contribution < 1.29 is 5.11 Å². The third-order valence-corrected chi connectivity index (χ3v) is 3.21. The molecule has 1 aromatic heterocycles. The van der Waals surface area contributed by atoms with Gasteiger partial charge in [0.05, 0.1) is 17.5 Å². The first-order valence-electron chi connectivity index (χ1n) is 6.19. The molecule has 0 aliphatic carbocycles. The molecule has 0 amide bonds. The van der Waals surface area contributed by atoms with Crippen LogP contribution in [0.25, 0.3) is 0 Å². The fraction of sp³-hybridized carbons (Fsp3) is 0.750. The Labute approximate surface area is 96.9 Å². The summed E-state index contributed by atoms with van der Waals surface area (Å²) >= 11 is 0. The highest BCUT2D eigenvalue weighted by atomic mass is 16.3. The van der Waals surface area contributed by atoms with Gasteiger partial charge in [0.25, 0.3) is 0 Å². The Kier molecular flexibility index (Phi) is 3.61. The molecule has 4 heteroatoms. The van der Waals surface area contributed by atoms with Crippen LogP contribution in [0.5, 0.6) is 0 Å². The molecule has 1 saturated heterocycles. The molecule has 1 aliphatic heterocycles. The van der Waals surface area contributed by atoms with E-state index in [4.69, 9.17) is 0 Å². The largest absolute Gasteiger partial charge is 0.392 e. The van der Waals surface area contributed by atoms with E-state index in [1.165, 1.54) is 5.69 Å². The van der Waals surface area contributed by atoms with E-state index < -0.39 is 0 Å². The minimum Gasteiger partial charge on any atom is -0.392 e. The van der Waals surface area contributed by atoms with Crippen molar-refractivity contribution in [3.63, 3.8) is 0 Å². The van der Waals surface area contributed by atoms with Gasteiger partial charge in [-0.3, -0.25) is 9.58 Å². The highest BCUT2D eigenvalue weighted by Gasteiger charge is 2.21. The van der Waals surface area contributed by atoms with E-state index in [0.717, 1.165) is 44.7 Å². The van der Waals surface area contributed by atoms with Gasteiger partial charge in [0.15, 0.2) is 0 Å². The van der Waals surface area contributed by atoms with Crippen LogP contribution in [-0.2, 0) is 19.5 Å². The number of hydrogen-bond acceptors (Lipinski definition) is 3. The minimum absolute atomic E-state index is 0.136. The molecule has 0 saturated carbocycles. The Morgan fingerprint density at radius 2 is 2.31 bits per heavy atom. The SMILES string of the molecule is CCc1cc(CN2CC[C@H](O)C2)n(CC)n1. The molecule has 1 aliphatic rings. The number of aryl methyl sites for hydroxylation is 2. The summed E-state index contributed by atoms with van der Waals surface area (Å²) in [6, 6.07) is 2.19. The van der Waals surface area contributed by atoms with Crippen LogP contribution in [0.2, 0.25) is 0 Å². The van der Waals surface area contributed by atoms with Gasteiger partial charge in [-0.25, -0.2) is 0 Å². The maximum atomic E-state index is 9.49. The Morgan fingerprint density at radius 3 is 2.88 bits per heavy atom. The van der Waals surface area contributed by atoms with Gasteiger partial charge >= 0.3 is 0 Å². The zero-order valence-corrected chi connectivity index (χ0v) is 10.2. The number of nitrogens with zero attached hydrogens (tertiary/aromatic N) is 3. The number of rotatable bonds is 4. The van der Waals surface area contributed by atoms with Crippen LogP contribution in [0.3, 0.4) is 0 Å². The number of hydrogen-bond donors (Lipinski definition) is 1. The predicted molar refractivity (Wildman–Crippen MR) is 63.2 cm³/mol. The number of aliphatic hydroxyl groups excluding tert-OH is 1. The van der Waals surface area contributed by atoms with Gasteiger partial charge in [0.2, 0.25) is 0 Å². The van der Waals surface area contributed by atoms with Gasteiger partial charge < -0.3 is 5.11 Å². The molecule has 1 fully saturated rings. The maximum absolute atomic E-state index is 9.49. The number of β-amino-alcohol motifs (C(OH)–C–C–N with tert-alkyl or cyclic N) is 1. The van der Waals surface area contributed by atoms with Gasteiger partial charge in [-0.1, -0.05) is 6.92 Å². The normalized spacial score (nSPS) is 21.8. The van der Waals surface area contributed by atoms with E-state index in [1.807, 2.05) is 0 Å². The number of likely N-dealkylation sites (tertiary alicyclic amines) is 1. The van der Waals surface area contributed by atoms with Crippen LogP contribution in [-0.4, -0.2) is 39.0 Å². The van der Waals surface area contributed by atoms with Crippen LogP contribution >= 0.6 is 0 Å². The summed E-state index contributed by atoms with van der Waals surface area (Å²) in [6.45, 7) is 7.89. The first kappa shape index (κ1) is 11.6. The summed E-state index contributed by atoms with van der Waals surface area (Å²) in [5, 5.41) is 14.0. The maximum Gasteiger partial charge on any atom is 0.0679 e. The van der Waals surface area contributed by atoms with E-state index in [-0.39, 0.29) is 6.10 Å². The van der Waals surface area contributed by atoms with Crippen molar-refractivity contribution in [3.05, 3.63) is 17.5 Å². The second-order valence-corrected chi connectivity index (χ2v) is 4.47. The summed E-state index contributed by atoms with van der Waals surface area (Å²) in [5.41, 5.74) is 2.44. The monoisotopic (exact) mass is 223 g/mol. The molecule has 0 bridgehead atoms. The summed E-state index contributed by atoms with van der Waals surface area (Å²) in [4.78, 5) is 2.30. The van der Waals surface area contributed by atoms with Gasteiger partial charge in [0.1, 0.15) is 0 Å². The molecule has 90 valence electrons. The van der Waals surface area contributed by atoms with E-state index in [2.05, 4.69) is 34.6 Å². The molecule has 1 N–H and O–H groups in total. The van der Waals surface area contributed by atoms with Crippen LogP contribution in [0.4, 0.5) is 0 Å². The molecular formula is C12H21N3O. The predicted octanol–water partition coefficient (Wildman–Crippen LogP) is 1.03.